The van der Waals surface area contributed by atoms with Gasteiger partial charge in [0.05, 0.1) is 36.2 Å². The van der Waals surface area contributed by atoms with Crippen molar-refractivity contribution < 1.29 is 13.2 Å². The number of benzene rings is 2. The quantitative estimate of drug-likeness (QED) is 0.235. The lowest BCUT2D eigenvalue weighted by Crippen LogP contribution is -2.38. The molecule has 2 N–H and O–H groups in total. The maximum absolute atomic E-state index is 13.2. The number of nitrogens with zero attached hydrogens (tertiary/aromatic N) is 5. The molecule has 4 heterocycles. The summed E-state index contributed by atoms with van der Waals surface area (Å²) in [5.74, 6) is 2.08. The molecular weight excluding hydrogens is 586 g/mol. The molecule has 12 heteroatoms. The number of ether oxygens (including phenoxy) is 1. The third kappa shape index (κ3) is 6.57. The van der Waals surface area contributed by atoms with Crippen LogP contribution in [0.5, 0.6) is 5.75 Å². The van der Waals surface area contributed by atoms with Crippen molar-refractivity contribution >= 4 is 50.5 Å². The third-order valence-electron chi connectivity index (χ3n) is 7.76. The van der Waals surface area contributed by atoms with Crippen LogP contribution in [0.25, 0.3) is 4.85 Å². The summed E-state index contributed by atoms with van der Waals surface area (Å²) in [4.78, 5) is 16.7. The van der Waals surface area contributed by atoms with Gasteiger partial charge < -0.3 is 15.4 Å². The fraction of sp³-hybridized carbons (Fsp3) is 0.290. The number of para-hydroxylation sites is 1. The molecule has 0 saturated carbocycles. The average Bonchev–Trinajstić information content (AvgIpc) is 3.03. The summed E-state index contributed by atoms with van der Waals surface area (Å²) in [6.07, 6.45) is 8.97. The van der Waals surface area contributed by atoms with E-state index in [-0.39, 0.29) is 10.6 Å². The lowest BCUT2D eigenvalue weighted by atomic mass is 9.95. The van der Waals surface area contributed by atoms with Crippen molar-refractivity contribution in [3.63, 3.8) is 0 Å². The van der Waals surface area contributed by atoms with Gasteiger partial charge in [0.2, 0.25) is 21.7 Å². The number of hydrogen-bond acceptors (Lipinski definition) is 8. The summed E-state index contributed by atoms with van der Waals surface area (Å²) in [7, 11) is -3.70. The van der Waals surface area contributed by atoms with Crippen LogP contribution in [0.2, 0.25) is 5.02 Å². The van der Waals surface area contributed by atoms with Crippen LogP contribution in [0.3, 0.4) is 0 Å². The Kier molecular flexibility index (Phi) is 8.42. The maximum Gasteiger partial charge on any atom is 0.233 e. The number of sulfonamides is 1. The van der Waals surface area contributed by atoms with Crippen molar-refractivity contribution in [2.24, 2.45) is 5.92 Å². The van der Waals surface area contributed by atoms with Gasteiger partial charge in [0, 0.05) is 25.0 Å². The van der Waals surface area contributed by atoms with Gasteiger partial charge in [0.25, 0.3) is 0 Å². The van der Waals surface area contributed by atoms with E-state index in [1.807, 2.05) is 24.4 Å². The van der Waals surface area contributed by atoms with Crippen LogP contribution >= 0.6 is 11.6 Å². The number of rotatable bonds is 6. The molecule has 0 unspecified atom stereocenters. The lowest BCUT2D eigenvalue weighted by molar-refractivity contribution is 0.218. The van der Waals surface area contributed by atoms with E-state index in [2.05, 4.69) is 36.5 Å². The van der Waals surface area contributed by atoms with Crippen LogP contribution in [0, 0.1) is 12.5 Å². The van der Waals surface area contributed by atoms with Gasteiger partial charge >= 0.3 is 0 Å². The topological polar surface area (TPSA) is 114 Å². The summed E-state index contributed by atoms with van der Waals surface area (Å²) in [6.45, 7) is 8.72. The molecule has 2 aliphatic rings. The second kappa shape index (κ2) is 12.6. The Morgan fingerprint density at radius 2 is 1.86 bits per heavy atom. The second-order valence-corrected chi connectivity index (χ2v) is 12.9. The molecule has 0 spiro atoms. The molecule has 0 amide bonds. The number of pyridine rings is 1. The first kappa shape index (κ1) is 28.9. The highest BCUT2D eigenvalue weighted by Crippen LogP contribution is 2.33. The van der Waals surface area contributed by atoms with E-state index in [1.54, 1.807) is 30.6 Å². The monoisotopic (exact) mass is 615 g/mol. The van der Waals surface area contributed by atoms with E-state index < -0.39 is 10.0 Å². The number of anilines is 4. The van der Waals surface area contributed by atoms with Crippen molar-refractivity contribution in [1.82, 2.24) is 19.3 Å². The minimum absolute atomic E-state index is 0.0834. The zero-order valence-corrected chi connectivity index (χ0v) is 24.9. The number of hydrogen-bond donors (Lipinski definition) is 2. The SMILES string of the molecule is [C-]#[N+]c1ccccc1S(=O)(=O)N1CCC(CCOc2ccc3cc2CCc2cncc(c2)Nc2ncc(Cl)c(n2)N3)CC1. The van der Waals surface area contributed by atoms with Gasteiger partial charge in [-0.25, -0.2) is 18.2 Å². The van der Waals surface area contributed by atoms with Crippen LogP contribution in [-0.4, -0.2) is 47.4 Å². The van der Waals surface area contributed by atoms with Crippen LogP contribution in [0.15, 0.2) is 72.0 Å². The smallest absolute Gasteiger partial charge is 0.233 e. The highest BCUT2D eigenvalue weighted by atomic mass is 35.5. The standard InChI is InChI=1S/C31H30ClN7O3S/c1-33-27-4-2-3-5-29(27)43(40,41)39-13-10-21(11-14-39)12-15-42-28-9-8-24-17-23(28)7-6-22-16-25(19-34-18-22)37-31-35-20-26(32)30(36-24)38-31/h2-5,8-9,16-21H,6-7,10-15H2,(H2,35,36,37,38). The fourth-order valence-electron chi connectivity index (χ4n) is 5.43. The van der Waals surface area contributed by atoms with Gasteiger partial charge in [0.1, 0.15) is 10.8 Å². The fourth-order valence-corrected chi connectivity index (χ4v) is 7.16. The summed E-state index contributed by atoms with van der Waals surface area (Å²) < 4.78 is 34.2. The molecule has 220 valence electrons. The van der Waals surface area contributed by atoms with Gasteiger partial charge in [-0.1, -0.05) is 35.9 Å². The Hall–Kier alpha value is -4.24. The molecule has 0 aliphatic carbocycles. The normalized spacial score (nSPS) is 15.5. The Morgan fingerprint density at radius 3 is 2.70 bits per heavy atom. The largest absolute Gasteiger partial charge is 0.493 e. The minimum atomic E-state index is -3.70. The van der Waals surface area contributed by atoms with Crippen molar-refractivity contribution in [3.8, 4) is 5.75 Å². The number of piperidine rings is 1. The van der Waals surface area contributed by atoms with Crippen LogP contribution in [0.4, 0.5) is 28.8 Å². The van der Waals surface area contributed by atoms with E-state index in [1.165, 1.54) is 10.4 Å². The van der Waals surface area contributed by atoms with E-state index in [0.29, 0.717) is 42.4 Å². The molecule has 1 saturated heterocycles. The van der Waals surface area contributed by atoms with E-state index >= 15 is 0 Å². The Balaban J connectivity index is 1.11. The number of nitrogens with one attached hydrogen (secondary N) is 2. The number of aryl methyl sites for hydroxylation is 2. The van der Waals surface area contributed by atoms with E-state index in [9.17, 15) is 8.42 Å². The first-order chi connectivity index (χ1) is 20.9. The van der Waals surface area contributed by atoms with Crippen LogP contribution in [-0.2, 0) is 22.9 Å². The van der Waals surface area contributed by atoms with Crippen molar-refractivity contribution in [3.05, 3.63) is 94.7 Å². The molecule has 2 aromatic heterocycles. The van der Waals surface area contributed by atoms with Gasteiger partial charge in [-0.05, 0) is 73.4 Å². The van der Waals surface area contributed by atoms with Crippen molar-refractivity contribution in [2.45, 2.75) is 37.0 Å². The molecule has 10 nitrogen and oxygen atoms in total. The predicted molar refractivity (Wildman–Crippen MR) is 166 cm³/mol. The van der Waals surface area contributed by atoms with Gasteiger partial charge in [-0.15, -0.1) is 0 Å². The molecular formula is C31H30ClN7O3S. The minimum Gasteiger partial charge on any atom is -0.493 e. The zero-order valence-electron chi connectivity index (χ0n) is 23.3. The molecule has 0 atom stereocenters. The Labute approximate surface area is 256 Å². The third-order valence-corrected chi connectivity index (χ3v) is 9.98. The molecule has 43 heavy (non-hydrogen) atoms. The summed E-state index contributed by atoms with van der Waals surface area (Å²) >= 11 is 6.38. The molecule has 6 bridgehead atoms. The van der Waals surface area contributed by atoms with Gasteiger partial charge in [-0.3, -0.25) is 4.98 Å². The second-order valence-electron chi connectivity index (χ2n) is 10.6. The maximum atomic E-state index is 13.2. The average molecular weight is 616 g/mol. The Bertz CT molecular complexity index is 1790. The van der Waals surface area contributed by atoms with Crippen LogP contribution in [0.1, 0.15) is 30.4 Å². The van der Waals surface area contributed by atoms with E-state index in [4.69, 9.17) is 22.9 Å². The van der Waals surface area contributed by atoms with Crippen molar-refractivity contribution in [1.29, 1.82) is 0 Å². The number of fused-ring (bicyclic) bond motifs is 6. The molecule has 2 aromatic carbocycles. The number of halogens is 1. The highest BCUT2D eigenvalue weighted by molar-refractivity contribution is 7.89. The van der Waals surface area contributed by atoms with Crippen molar-refractivity contribution in [2.75, 3.05) is 30.3 Å². The van der Waals surface area contributed by atoms with E-state index in [0.717, 1.165) is 60.4 Å². The zero-order chi connectivity index (χ0) is 29.8. The molecule has 4 aromatic rings. The molecule has 6 rings (SSSR count). The highest BCUT2D eigenvalue weighted by Gasteiger charge is 2.30. The lowest BCUT2D eigenvalue weighted by Gasteiger charge is -2.31. The Morgan fingerprint density at radius 1 is 1.02 bits per heavy atom. The first-order valence-electron chi connectivity index (χ1n) is 14.1. The van der Waals surface area contributed by atoms with Gasteiger partial charge in [0.15, 0.2) is 5.82 Å². The summed E-state index contributed by atoms with van der Waals surface area (Å²) in [5.41, 5.74) is 3.91. The molecule has 0 radical (unpaired) electrons. The predicted octanol–water partition coefficient (Wildman–Crippen LogP) is 6.53. The molecule has 2 aliphatic heterocycles. The first-order valence-corrected chi connectivity index (χ1v) is 15.9. The number of aromatic nitrogens is 3. The molecule has 1 fully saturated rings. The van der Waals surface area contributed by atoms with Gasteiger partial charge in [-0.2, -0.15) is 9.29 Å². The summed E-state index contributed by atoms with van der Waals surface area (Å²) in [6, 6.07) is 14.4. The van der Waals surface area contributed by atoms with Crippen LogP contribution < -0.4 is 15.4 Å². The summed E-state index contributed by atoms with van der Waals surface area (Å²) in [5, 5.41) is 6.91.